The van der Waals surface area contributed by atoms with Gasteiger partial charge in [-0.2, -0.15) is 0 Å². The fraction of sp³-hybridized carbons (Fsp3) is 0.488. The maximum absolute atomic E-state index is 13.7. The van der Waals surface area contributed by atoms with E-state index >= 15 is 0 Å². The van der Waals surface area contributed by atoms with Gasteiger partial charge in [0.1, 0.15) is 17.7 Å². The molecule has 2 aromatic carbocycles. The molecule has 3 N–H and O–H groups in total. The zero-order chi connectivity index (χ0) is 38.9. The second-order valence-electron chi connectivity index (χ2n) is 14.9. The number of hydrogen-bond acceptors (Lipinski definition) is 8. The van der Waals surface area contributed by atoms with Gasteiger partial charge in [0, 0.05) is 18.9 Å². The topological polar surface area (TPSA) is 157 Å². The molecule has 0 heterocycles. The van der Waals surface area contributed by atoms with Crippen molar-refractivity contribution in [1.82, 2.24) is 10.6 Å². The van der Waals surface area contributed by atoms with Crippen LogP contribution in [0.25, 0.3) is 6.08 Å². The molecule has 0 aliphatic carbocycles. The number of aliphatic carboxylic acids is 1. The van der Waals surface area contributed by atoms with Gasteiger partial charge in [0.25, 0.3) is 0 Å². The average molecular weight is 721 g/mol. The number of hydrogen-bond donors (Lipinski definition) is 3. The minimum Gasteiger partial charge on any atom is -0.480 e. The number of rotatable bonds is 19. The molecule has 0 spiro atoms. The van der Waals surface area contributed by atoms with Gasteiger partial charge in [-0.1, -0.05) is 99.7 Å². The van der Waals surface area contributed by atoms with Gasteiger partial charge < -0.3 is 30.0 Å². The first kappa shape index (κ1) is 43.2. The summed E-state index contributed by atoms with van der Waals surface area (Å²) in [5.74, 6) is -3.54. The largest absolute Gasteiger partial charge is 0.480 e. The predicted molar refractivity (Wildman–Crippen MR) is 200 cm³/mol. The van der Waals surface area contributed by atoms with Crippen molar-refractivity contribution < 1.29 is 43.3 Å². The maximum atomic E-state index is 13.7. The fourth-order valence-electron chi connectivity index (χ4n) is 4.88. The van der Waals surface area contributed by atoms with Gasteiger partial charge in [-0.05, 0) is 77.0 Å². The van der Waals surface area contributed by atoms with Crippen LogP contribution in [0.2, 0.25) is 0 Å². The molecule has 0 saturated carbocycles. The van der Waals surface area contributed by atoms with E-state index in [9.17, 15) is 29.1 Å². The second kappa shape index (κ2) is 20.8. The van der Waals surface area contributed by atoms with E-state index in [1.54, 1.807) is 34.6 Å². The van der Waals surface area contributed by atoms with Crippen molar-refractivity contribution in [2.75, 3.05) is 6.54 Å². The molecule has 0 saturated heterocycles. The highest BCUT2D eigenvalue weighted by Crippen LogP contribution is 2.23. The number of benzene rings is 2. The zero-order valence-electron chi connectivity index (χ0n) is 31.7. The molecule has 11 heteroatoms. The first-order valence-corrected chi connectivity index (χ1v) is 17.7. The highest BCUT2D eigenvalue weighted by Gasteiger charge is 2.36. The van der Waals surface area contributed by atoms with Crippen LogP contribution in [0.4, 0.5) is 4.79 Å². The van der Waals surface area contributed by atoms with E-state index in [0.717, 1.165) is 11.1 Å². The summed E-state index contributed by atoms with van der Waals surface area (Å²) in [6.07, 6.45) is 4.89. The van der Waals surface area contributed by atoms with Crippen LogP contribution in [0.5, 0.6) is 0 Å². The molecule has 0 aromatic heterocycles. The summed E-state index contributed by atoms with van der Waals surface area (Å²) in [5, 5.41) is 14.8. The smallest absolute Gasteiger partial charge is 0.407 e. The molecule has 0 unspecified atom stereocenters. The summed E-state index contributed by atoms with van der Waals surface area (Å²) in [6, 6.07) is 17.9. The van der Waals surface area contributed by atoms with E-state index in [-0.39, 0.29) is 37.6 Å². The second-order valence-corrected chi connectivity index (χ2v) is 14.9. The van der Waals surface area contributed by atoms with Crippen LogP contribution in [-0.4, -0.2) is 65.4 Å². The number of nitrogens with one attached hydrogen (secondary N) is 2. The van der Waals surface area contributed by atoms with E-state index < -0.39 is 59.2 Å². The molecule has 2 rings (SSSR count). The van der Waals surface area contributed by atoms with Crippen molar-refractivity contribution in [2.24, 2.45) is 17.3 Å². The van der Waals surface area contributed by atoms with Crippen LogP contribution >= 0.6 is 0 Å². The standard InChI is InChI=1S/C41H56N2O9/c1-28(2)26-34(51-38(48)41(7,8)27-42-39(49)52-40(4,5)6)37(47)50-33(29(3)22-23-30-16-11-9-12-17-30)20-15-21-35(44)43-32(36(45)46)25-24-31-18-13-10-14-19-31/h9-19,21-23,28-29,32-34H,20,24-27H2,1-8H3,(H,42,49)(H,43,44)(H,45,46)/b21-15+,23-22+/t29-,32-,33+,34+/m1/s1. The van der Waals surface area contributed by atoms with Crippen molar-refractivity contribution in [2.45, 2.75) is 105 Å². The minimum absolute atomic E-state index is 0.0325. The van der Waals surface area contributed by atoms with Gasteiger partial charge in [0.15, 0.2) is 6.10 Å². The highest BCUT2D eigenvalue weighted by molar-refractivity contribution is 5.91. The first-order chi connectivity index (χ1) is 24.4. The number of esters is 2. The third-order valence-electron chi connectivity index (χ3n) is 7.89. The quantitative estimate of drug-likeness (QED) is 0.0798. The lowest BCUT2D eigenvalue weighted by Gasteiger charge is -2.29. The Morgan fingerprint density at radius 1 is 0.865 bits per heavy atom. The Hall–Kier alpha value is -4.93. The summed E-state index contributed by atoms with van der Waals surface area (Å²) < 4.78 is 17.0. The Morgan fingerprint density at radius 2 is 1.48 bits per heavy atom. The molecule has 52 heavy (non-hydrogen) atoms. The summed E-state index contributed by atoms with van der Waals surface area (Å²) in [6.45, 7) is 13.9. The lowest BCUT2D eigenvalue weighted by Crippen LogP contribution is -2.44. The van der Waals surface area contributed by atoms with Gasteiger partial charge in [-0.25, -0.2) is 14.4 Å². The van der Waals surface area contributed by atoms with Gasteiger partial charge >= 0.3 is 24.0 Å². The lowest BCUT2D eigenvalue weighted by molar-refractivity contribution is -0.178. The van der Waals surface area contributed by atoms with Crippen molar-refractivity contribution in [3.8, 4) is 0 Å². The maximum Gasteiger partial charge on any atom is 0.407 e. The van der Waals surface area contributed by atoms with Crippen LogP contribution in [0.3, 0.4) is 0 Å². The number of carboxylic acids is 1. The molecular formula is C41H56N2O9. The molecule has 2 amide bonds. The van der Waals surface area contributed by atoms with E-state index in [1.807, 2.05) is 93.6 Å². The summed E-state index contributed by atoms with van der Waals surface area (Å²) in [5.41, 5.74) is -0.00271. The predicted octanol–water partition coefficient (Wildman–Crippen LogP) is 6.91. The van der Waals surface area contributed by atoms with E-state index in [1.165, 1.54) is 12.2 Å². The number of carbonyl (C=O) groups is 5. The number of ether oxygens (including phenoxy) is 3. The normalized spacial score (nSPS) is 14.3. The molecule has 0 aliphatic rings. The van der Waals surface area contributed by atoms with Gasteiger partial charge in [-0.15, -0.1) is 0 Å². The molecule has 284 valence electrons. The monoisotopic (exact) mass is 720 g/mol. The minimum atomic E-state index is -1.23. The lowest BCUT2D eigenvalue weighted by atomic mass is 9.93. The van der Waals surface area contributed by atoms with Crippen LogP contribution in [0.15, 0.2) is 78.9 Å². The van der Waals surface area contributed by atoms with E-state index in [2.05, 4.69) is 10.6 Å². The van der Waals surface area contributed by atoms with Gasteiger partial charge in [0.2, 0.25) is 5.91 Å². The number of alkyl carbamates (subject to hydrolysis) is 1. The van der Waals surface area contributed by atoms with Crippen molar-refractivity contribution in [3.05, 3.63) is 90.0 Å². The molecule has 0 radical (unpaired) electrons. The van der Waals surface area contributed by atoms with E-state index in [4.69, 9.17) is 14.2 Å². The molecule has 0 bridgehead atoms. The number of carboxylic acid groups (broad SMARTS) is 1. The van der Waals surface area contributed by atoms with E-state index in [0.29, 0.717) is 6.42 Å². The molecule has 0 aliphatic heterocycles. The average Bonchev–Trinajstić information content (AvgIpc) is 3.07. The molecule has 2 aromatic rings. The van der Waals surface area contributed by atoms with Crippen molar-refractivity contribution >= 4 is 36.0 Å². The Balaban J connectivity index is 2.19. The summed E-state index contributed by atoms with van der Waals surface area (Å²) >= 11 is 0. The first-order valence-electron chi connectivity index (χ1n) is 17.7. The Kier molecular flexibility index (Phi) is 17.3. The summed E-state index contributed by atoms with van der Waals surface area (Å²) in [4.78, 5) is 63.9. The third kappa shape index (κ3) is 16.9. The highest BCUT2D eigenvalue weighted by atomic mass is 16.6. The van der Waals surface area contributed by atoms with Crippen LogP contribution in [0.1, 0.15) is 85.8 Å². The van der Waals surface area contributed by atoms with Crippen LogP contribution in [0, 0.1) is 17.3 Å². The molecule has 11 nitrogen and oxygen atoms in total. The number of aryl methyl sites for hydroxylation is 1. The molecule has 0 fully saturated rings. The third-order valence-corrected chi connectivity index (χ3v) is 7.89. The molecule has 4 atom stereocenters. The van der Waals surface area contributed by atoms with Crippen LogP contribution in [-0.2, 0) is 39.8 Å². The summed E-state index contributed by atoms with van der Waals surface area (Å²) in [7, 11) is 0. The SMILES string of the molecule is CC(C)C[C@H](OC(=O)C(C)(C)CNC(=O)OC(C)(C)C)C(=O)O[C@@H](C/C=C/C(=O)N[C@H](CCc1ccccc1)C(=O)O)[C@H](C)/C=C/c1ccccc1. The number of amides is 2. The van der Waals surface area contributed by atoms with Gasteiger partial charge in [0.05, 0.1) is 5.41 Å². The van der Waals surface area contributed by atoms with Gasteiger partial charge in [-0.3, -0.25) is 9.59 Å². The fourth-order valence-corrected chi connectivity index (χ4v) is 4.88. The van der Waals surface area contributed by atoms with Crippen molar-refractivity contribution in [1.29, 1.82) is 0 Å². The number of carbonyl (C=O) groups excluding carboxylic acids is 4. The Morgan fingerprint density at radius 3 is 2.06 bits per heavy atom. The van der Waals surface area contributed by atoms with Crippen molar-refractivity contribution in [3.63, 3.8) is 0 Å². The molecular weight excluding hydrogens is 664 g/mol. The Bertz CT molecular complexity index is 1510. The Labute approximate surface area is 308 Å². The zero-order valence-corrected chi connectivity index (χ0v) is 31.7. The van der Waals surface area contributed by atoms with Crippen LogP contribution < -0.4 is 10.6 Å².